The summed E-state index contributed by atoms with van der Waals surface area (Å²) in [6.45, 7) is 9.46. The van der Waals surface area contributed by atoms with Gasteiger partial charge in [0.05, 0.1) is 6.04 Å². The van der Waals surface area contributed by atoms with Crippen LogP contribution in [0.3, 0.4) is 0 Å². The number of hydrogen-bond donors (Lipinski definition) is 1. The van der Waals surface area contributed by atoms with Crippen molar-refractivity contribution in [1.29, 1.82) is 0 Å². The lowest BCUT2D eigenvalue weighted by atomic mass is 9.97. The zero-order valence-corrected chi connectivity index (χ0v) is 14.9. The van der Waals surface area contributed by atoms with Gasteiger partial charge in [-0.05, 0) is 59.3 Å². The van der Waals surface area contributed by atoms with Crippen LogP contribution in [0.5, 0.6) is 0 Å². The molecule has 1 heterocycles. The van der Waals surface area contributed by atoms with E-state index in [0.29, 0.717) is 25.0 Å². The first-order valence-corrected chi connectivity index (χ1v) is 8.71. The number of amides is 2. The first-order chi connectivity index (χ1) is 10.7. The van der Waals surface area contributed by atoms with Crippen molar-refractivity contribution >= 4 is 12.0 Å². The van der Waals surface area contributed by atoms with Crippen LogP contribution in [0.15, 0.2) is 0 Å². The zero-order valence-electron chi connectivity index (χ0n) is 14.9. The quantitative estimate of drug-likeness (QED) is 0.857. The molecule has 1 aliphatic carbocycles. The van der Waals surface area contributed by atoms with Crippen LogP contribution in [0.25, 0.3) is 0 Å². The molecule has 2 unspecified atom stereocenters. The van der Waals surface area contributed by atoms with E-state index in [1.165, 1.54) is 0 Å². The third kappa shape index (κ3) is 5.37. The van der Waals surface area contributed by atoms with E-state index < -0.39 is 11.6 Å². The van der Waals surface area contributed by atoms with Gasteiger partial charge in [0, 0.05) is 25.7 Å². The van der Waals surface area contributed by atoms with Crippen LogP contribution in [0.2, 0.25) is 0 Å². The van der Waals surface area contributed by atoms with E-state index in [1.807, 2.05) is 25.7 Å². The Balaban J connectivity index is 1.92. The van der Waals surface area contributed by atoms with E-state index in [1.54, 1.807) is 11.8 Å². The number of carbonyl (C=O) groups excluding carboxylic acids is 2. The molecular weight excluding hydrogens is 294 g/mol. The number of likely N-dealkylation sites (tertiary alicyclic amines) is 1. The zero-order chi connectivity index (χ0) is 17.2. The average molecular weight is 325 g/mol. The molecule has 0 aromatic heterocycles. The third-order valence-electron chi connectivity index (χ3n) is 4.29. The van der Waals surface area contributed by atoms with Crippen LogP contribution in [-0.2, 0) is 9.53 Å². The molecule has 6 heteroatoms. The van der Waals surface area contributed by atoms with Crippen molar-refractivity contribution in [3.8, 4) is 0 Å². The van der Waals surface area contributed by atoms with E-state index in [-0.39, 0.29) is 12.0 Å². The van der Waals surface area contributed by atoms with E-state index >= 15 is 0 Å². The Morgan fingerprint density at radius 3 is 2.48 bits per heavy atom. The molecule has 2 amide bonds. The van der Waals surface area contributed by atoms with Gasteiger partial charge in [-0.3, -0.25) is 4.79 Å². The van der Waals surface area contributed by atoms with E-state index in [9.17, 15) is 9.59 Å². The Bertz CT molecular complexity index is 441. The Morgan fingerprint density at radius 1 is 1.30 bits per heavy atom. The Morgan fingerprint density at radius 2 is 1.96 bits per heavy atom. The molecule has 1 saturated heterocycles. The molecule has 0 spiro atoms. The molecule has 2 atom stereocenters. The van der Waals surface area contributed by atoms with Crippen molar-refractivity contribution in [3.63, 3.8) is 0 Å². The first-order valence-electron chi connectivity index (χ1n) is 8.71. The molecule has 1 aliphatic heterocycles. The number of rotatable bonds is 4. The summed E-state index contributed by atoms with van der Waals surface area (Å²) in [4.78, 5) is 28.3. The standard InChI is InChI=1S/C17H31N3O3/c1-12(18)15(21)20(14-7-8-14)11-13-6-5-9-19(10-13)16(22)23-17(2,3)4/h12-14H,5-11,18H2,1-4H3. The number of nitrogens with two attached hydrogens (primary N) is 1. The van der Waals surface area contributed by atoms with Crippen LogP contribution in [0, 0.1) is 5.92 Å². The van der Waals surface area contributed by atoms with Gasteiger partial charge in [0.15, 0.2) is 0 Å². The summed E-state index contributed by atoms with van der Waals surface area (Å²) < 4.78 is 5.46. The largest absolute Gasteiger partial charge is 0.444 e. The normalized spacial score (nSPS) is 23.3. The Labute approximate surface area is 139 Å². The van der Waals surface area contributed by atoms with Gasteiger partial charge in [-0.1, -0.05) is 0 Å². The summed E-state index contributed by atoms with van der Waals surface area (Å²) in [5, 5.41) is 0. The molecule has 2 fully saturated rings. The number of hydrogen-bond acceptors (Lipinski definition) is 4. The maximum Gasteiger partial charge on any atom is 0.410 e. The highest BCUT2D eigenvalue weighted by atomic mass is 16.6. The molecule has 0 radical (unpaired) electrons. The van der Waals surface area contributed by atoms with Crippen LogP contribution in [-0.4, -0.2) is 59.1 Å². The fourth-order valence-corrected chi connectivity index (χ4v) is 3.05. The number of carbonyl (C=O) groups is 2. The summed E-state index contributed by atoms with van der Waals surface area (Å²) in [6, 6.07) is -0.105. The highest BCUT2D eigenvalue weighted by Gasteiger charge is 2.36. The van der Waals surface area contributed by atoms with Crippen molar-refractivity contribution in [2.75, 3.05) is 19.6 Å². The highest BCUT2D eigenvalue weighted by Crippen LogP contribution is 2.30. The topological polar surface area (TPSA) is 75.9 Å². The van der Waals surface area contributed by atoms with Gasteiger partial charge >= 0.3 is 6.09 Å². The minimum absolute atomic E-state index is 0.0295. The van der Waals surface area contributed by atoms with Gasteiger partial charge in [0.1, 0.15) is 5.60 Å². The second kappa shape index (κ2) is 7.07. The molecule has 0 aromatic carbocycles. The van der Waals surface area contributed by atoms with E-state index in [0.717, 1.165) is 32.2 Å². The lowest BCUT2D eigenvalue weighted by Crippen LogP contribution is -2.49. The fraction of sp³-hybridized carbons (Fsp3) is 0.882. The lowest BCUT2D eigenvalue weighted by Gasteiger charge is -2.37. The molecule has 2 aliphatic rings. The minimum Gasteiger partial charge on any atom is -0.444 e. The Hall–Kier alpha value is -1.30. The second-order valence-corrected chi connectivity index (χ2v) is 7.95. The molecular formula is C17H31N3O3. The van der Waals surface area contributed by atoms with Crippen molar-refractivity contribution in [1.82, 2.24) is 9.80 Å². The van der Waals surface area contributed by atoms with Crippen molar-refractivity contribution in [2.45, 2.75) is 71.1 Å². The minimum atomic E-state index is -0.477. The SMILES string of the molecule is CC(N)C(=O)N(CC1CCCN(C(=O)OC(C)(C)C)C1)C1CC1. The predicted octanol–water partition coefficient (Wildman–Crippen LogP) is 1.97. The summed E-state index contributed by atoms with van der Waals surface area (Å²) >= 11 is 0. The Kier molecular flexibility index (Phi) is 5.55. The predicted molar refractivity (Wildman–Crippen MR) is 88.9 cm³/mol. The molecule has 2 rings (SSSR count). The average Bonchev–Trinajstić information content (AvgIpc) is 3.27. The van der Waals surface area contributed by atoms with Gasteiger partial charge < -0.3 is 20.3 Å². The number of ether oxygens (including phenoxy) is 1. The summed E-state index contributed by atoms with van der Waals surface area (Å²) in [5.41, 5.74) is 5.30. The molecule has 6 nitrogen and oxygen atoms in total. The van der Waals surface area contributed by atoms with Gasteiger partial charge in [-0.15, -0.1) is 0 Å². The molecule has 2 N–H and O–H groups in total. The molecule has 23 heavy (non-hydrogen) atoms. The molecule has 0 aromatic rings. The molecule has 132 valence electrons. The van der Waals surface area contributed by atoms with Crippen LogP contribution < -0.4 is 5.73 Å². The summed E-state index contributed by atoms with van der Waals surface area (Å²) in [5.74, 6) is 0.335. The van der Waals surface area contributed by atoms with Crippen molar-refractivity contribution in [3.05, 3.63) is 0 Å². The maximum absolute atomic E-state index is 12.3. The number of nitrogens with zero attached hydrogens (tertiary/aromatic N) is 2. The van der Waals surface area contributed by atoms with Crippen molar-refractivity contribution in [2.24, 2.45) is 11.7 Å². The monoisotopic (exact) mass is 325 g/mol. The lowest BCUT2D eigenvalue weighted by molar-refractivity contribution is -0.133. The highest BCUT2D eigenvalue weighted by molar-refractivity contribution is 5.81. The van der Waals surface area contributed by atoms with E-state index in [2.05, 4.69) is 0 Å². The van der Waals surface area contributed by atoms with Crippen LogP contribution in [0.1, 0.15) is 53.4 Å². The maximum atomic E-state index is 12.3. The first kappa shape index (κ1) is 18.0. The fourth-order valence-electron chi connectivity index (χ4n) is 3.05. The van der Waals surface area contributed by atoms with Gasteiger partial charge in [0.25, 0.3) is 0 Å². The second-order valence-electron chi connectivity index (χ2n) is 7.95. The van der Waals surface area contributed by atoms with Crippen LogP contribution in [0.4, 0.5) is 4.79 Å². The molecule has 1 saturated carbocycles. The summed E-state index contributed by atoms with van der Waals surface area (Å²) in [6.07, 6.45) is 3.88. The smallest absolute Gasteiger partial charge is 0.410 e. The summed E-state index contributed by atoms with van der Waals surface area (Å²) in [7, 11) is 0. The van der Waals surface area contributed by atoms with Gasteiger partial charge in [-0.25, -0.2) is 4.79 Å². The van der Waals surface area contributed by atoms with Crippen molar-refractivity contribution < 1.29 is 14.3 Å². The van der Waals surface area contributed by atoms with Crippen LogP contribution >= 0.6 is 0 Å². The molecule has 0 bridgehead atoms. The third-order valence-corrected chi connectivity index (χ3v) is 4.29. The van der Waals surface area contributed by atoms with Gasteiger partial charge in [0.2, 0.25) is 5.91 Å². The van der Waals surface area contributed by atoms with Gasteiger partial charge in [-0.2, -0.15) is 0 Å². The van der Waals surface area contributed by atoms with E-state index in [4.69, 9.17) is 10.5 Å². The number of piperidine rings is 1.